The number of ether oxygens (including phenoxy) is 1. The standard InChI is InChI=1S/C26H26N2O5/c29-19-8-6-17(7-9-19)21-16-33-26-20(22(30)14-23(31)24(26)25(21)32)15-27-10-12-28(13-11-27)18-4-2-1-3-5-18/h1-9,14,21,29-31H,10-13,15-16H2. The average Bonchev–Trinajstić information content (AvgIpc) is 2.83. The molecule has 3 aromatic carbocycles. The van der Waals surface area contributed by atoms with Gasteiger partial charge in [0.1, 0.15) is 35.2 Å². The monoisotopic (exact) mass is 446 g/mol. The number of piperazine rings is 1. The Bertz CT molecular complexity index is 1160. The Kier molecular flexibility index (Phi) is 5.56. The zero-order valence-electron chi connectivity index (χ0n) is 18.1. The van der Waals surface area contributed by atoms with Crippen LogP contribution in [0.15, 0.2) is 60.7 Å². The summed E-state index contributed by atoms with van der Waals surface area (Å²) in [6, 6.07) is 17.9. The van der Waals surface area contributed by atoms with E-state index in [-0.39, 0.29) is 41.0 Å². The topological polar surface area (TPSA) is 93.5 Å². The van der Waals surface area contributed by atoms with E-state index in [1.807, 2.05) is 18.2 Å². The van der Waals surface area contributed by atoms with Crippen LogP contribution in [0.1, 0.15) is 27.4 Å². The van der Waals surface area contributed by atoms with Gasteiger partial charge >= 0.3 is 0 Å². The van der Waals surface area contributed by atoms with Gasteiger partial charge in [-0.3, -0.25) is 9.69 Å². The normalized spacial score (nSPS) is 18.6. The summed E-state index contributed by atoms with van der Waals surface area (Å²) in [5.41, 5.74) is 2.52. The number of nitrogens with zero attached hydrogens (tertiary/aromatic N) is 2. The van der Waals surface area contributed by atoms with Crippen LogP contribution in [0.2, 0.25) is 0 Å². The second-order valence-electron chi connectivity index (χ2n) is 8.52. The van der Waals surface area contributed by atoms with Gasteiger partial charge in [0.25, 0.3) is 0 Å². The van der Waals surface area contributed by atoms with Gasteiger partial charge in [0, 0.05) is 44.5 Å². The second-order valence-corrected chi connectivity index (χ2v) is 8.52. The molecule has 1 atom stereocenters. The maximum absolute atomic E-state index is 13.3. The summed E-state index contributed by atoms with van der Waals surface area (Å²) in [7, 11) is 0. The lowest BCUT2D eigenvalue weighted by molar-refractivity contribution is 0.0889. The molecule has 0 saturated carbocycles. The van der Waals surface area contributed by atoms with E-state index >= 15 is 0 Å². The fourth-order valence-corrected chi connectivity index (χ4v) is 4.62. The molecule has 2 aliphatic rings. The molecule has 3 aromatic rings. The minimum Gasteiger partial charge on any atom is -0.508 e. The number of carbonyl (C=O) groups is 1. The van der Waals surface area contributed by atoms with Crippen LogP contribution in [-0.2, 0) is 6.54 Å². The number of ketones is 1. The molecule has 1 fully saturated rings. The van der Waals surface area contributed by atoms with Crippen LogP contribution in [0.25, 0.3) is 0 Å². The highest BCUT2D eigenvalue weighted by Crippen LogP contribution is 2.44. The number of hydrogen-bond acceptors (Lipinski definition) is 7. The number of rotatable bonds is 4. The summed E-state index contributed by atoms with van der Waals surface area (Å²) >= 11 is 0. The largest absolute Gasteiger partial charge is 0.508 e. The minimum atomic E-state index is -0.587. The number of carbonyl (C=O) groups excluding carboxylic acids is 1. The number of benzene rings is 3. The van der Waals surface area contributed by atoms with E-state index in [1.165, 1.54) is 23.9 Å². The number of para-hydroxylation sites is 1. The molecule has 3 N–H and O–H groups in total. The van der Waals surface area contributed by atoms with Gasteiger partial charge in [0.2, 0.25) is 0 Å². The van der Waals surface area contributed by atoms with Gasteiger partial charge in [-0.25, -0.2) is 0 Å². The molecule has 7 nitrogen and oxygen atoms in total. The molecule has 170 valence electrons. The third-order valence-electron chi connectivity index (χ3n) is 6.47. The summed E-state index contributed by atoms with van der Waals surface area (Å²) in [6.45, 7) is 3.84. The Morgan fingerprint density at radius 3 is 2.27 bits per heavy atom. The smallest absolute Gasteiger partial charge is 0.181 e. The van der Waals surface area contributed by atoms with Gasteiger partial charge in [0.15, 0.2) is 5.78 Å². The first-order chi connectivity index (χ1) is 16.0. The third kappa shape index (κ3) is 4.07. The molecule has 0 bridgehead atoms. The fraction of sp³-hybridized carbons (Fsp3) is 0.269. The first kappa shape index (κ1) is 21.2. The van der Waals surface area contributed by atoms with Crippen molar-refractivity contribution in [3.05, 3.63) is 77.4 Å². The lowest BCUT2D eigenvalue weighted by atomic mass is 9.87. The Morgan fingerprint density at radius 1 is 0.879 bits per heavy atom. The summed E-state index contributed by atoms with van der Waals surface area (Å²) in [6.07, 6.45) is 0. The molecule has 0 spiro atoms. The van der Waals surface area contributed by atoms with Crippen LogP contribution in [-0.4, -0.2) is 58.8 Å². The Morgan fingerprint density at radius 2 is 1.58 bits per heavy atom. The molecule has 2 heterocycles. The van der Waals surface area contributed by atoms with Gasteiger partial charge in [-0.2, -0.15) is 0 Å². The minimum absolute atomic E-state index is 0.0763. The van der Waals surface area contributed by atoms with Gasteiger partial charge < -0.3 is 25.0 Å². The summed E-state index contributed by atoms with van der Waals surface area (Å²) in [5, 5.41) is 30.6. The molecular formula is C26H26N2O5. The van der Waals surface area contributed by atoms with Crippen LogP contribution in [0, 0.1) is 0 Å². The molecule has 0 aliphatic carbocycles. The SMILES string of the molecule is O=C1c2c(O)cc(O)c(CN3CCN(c4ccccc4)CC3)c2OCC1c1ccc(O)cc1. The highest BCUT2D eigenvalue weighted by molar-refractivity contribution is 6.07. The van der Waals surface area contributed by atoms with Crippen LogP contribution >= 0.6 is 0 Å². The second kappa shape index (κ2) is 8.67. The van der Waals surface area contributed by atoms with E-state index in [0.29, 0.717) is 17.7 Å². The van der Waals surface area contributed by atoms with Gasteiger partial charge in [-0.05, 0) is 29.8 Å². The van der Waals surface area contributed by atoms with Crippen LogP contribution in [0.5, 0.6) is 23.0 Å². The molecule has 1 saturated heterocycles. The van der Waals surface area contributed by atoms with Crippen molar-refractivity contribution in [1.29, 1.82) is 0 Å². The Balaban J connectivity index is 1.36. The van der Waals surface area contributed by atoms with Crippen LogP contribution in [0.3, 0.4) is 0 Å². The zero-order valence-corrected chi connectivity index (χ0v) is 18.1. The molecular weight excluding hydrogens is 420 g/mol. The number of Topliss-reactive ketones (excluding diaryl/α,β-unsaturated/α-hetero) is 1. The first-order valence-electron chi connectivity index (χ1n) is 11.1. The molecule has 0 aromatic heterocycles. The van der Waals surface area contributed by atoms with Crippen LogP contribution in [0.4, 0.5) is 5.69 Å². The van der Waals surface area contributed by atoms with Crippen molar-refractivity contribution in [1.82, 2.24) is 4.90 Å². The van der Waals surface area contributed by atoms with E-state index in [0.717, 1.165) is 26.2 Å². The van der Waals surface area contributed by atoms with Crippen molar-refractivity contribution < 1.29 is 24.9 Å². The average molecular weight is 447 g/mol. The van der Waals surface area contributed by atoms with Crippen molar-refractivity contribution in [2.24, 2.45) is 0 Å². The van der Waals surface area contributed by atoms with E-state index in [2.05, 4.69) is 21.9 Å². The van der Waals surface area contributed by atoms with Crippen molar-refractivity contribution in [2.75, 3.05) is 37.7 Å². The molecule has 33 heavy (non-hydrogen) atoms. The first-order valence-corrected chi connectivity index (χ1v) is 11.1. The molecule has 7 heteroatoms. The van der Waals surface area contributed by atoms with Crippen molar-refractivity contribution in [2.45, 2.75) is 12.5 Å². The molecule has 1 unspecified atom stereocenters. The van der Waals surface area contributed by atoms with E-state index in [9.17, 15) is 20.1 Å². The number of fused-ring (bicyclic) bond motifs is 1. The summed E-state index contributed by atoms with van der Waals surface area (Å²) in [5.74, 6) is -0.824. The van der Waals surface area contributed by atoms with E-state index < -0.39 is 5.92 Å². The van der Waals surface area contributed by atoms with Crippen molar-refractivity contribution >= 4 is 11.5 Å². The summed E-state index contributed by atoms with van der Waals surface area (Å²) in [4.78, 5) is 17.8. The maximum atomic E-state index is 13.3. The predicted octanol–water partition coefficient (Wildman–Crippen LogP) is 3.48. The maximum Gasteiger partial charge on any atom is 0.181 e. The van der Waals surface area contributed by atoms with E-state index in [1.54, 1.807) is 12.1 Å². The number of aromatic hydroxyl groups is 3. The van der Waals surface area contributed by atoms with Gasteiger partial charge in [-0.15, -0.1) is 0 Å². The lowest BCUT2D eigenvalue weighted by Gasteiger charge is -2.37. The highest BCUT2D eigenvalue weighted by Gasteiger charge is 2.36. The molecule has 0 radical (unpaired) electrons. The summed E-state index contributed by atoms with van der Waals surface area (Å²) < 4.78 is 5.98. The number of phenols is 3. The molecule has 5 rings (SSSR count). The Hall–Kier alpha value is -3.71. The van der Waals surface area contributed by atoms with Crippen molar-refractivity contribution in [3.63, 3.8) is 0 Å². The Labute approximate surface area is 192 Å². The van der Waals surface area contributed by atoms with E-state index in [4.69, 9.17) is 4.74 Å². The molecule has 0 amide bonds. The quantitative estimate of drug-likeness (QED) is 0.565. The lowest BCUT2D eigenvalue weighted by Crippen LogP contribution is -2.46. The predicted molar refractivity (Wildman–Crippen MR) is 124 cm³/mol. The number of hydrogen-bond donors (Lipinski definition) is 3. The van der Waals surface area contributed by atoms with Crippen molar-refractivity contribution in [3.8, 4) is 23.0 Å². The highest BCUT2D eigenvalue weighted by atomic mass is 16.5. The third-order valence-corrected chi connectivity index (χ3v) is 6.47. The number of anilines is 1. The number of phenolic OH excluding ortho intramolecular Hbond substituents is 3. The van der Waals surface area contributed by atoms with Gasteiger partial charge in [-0.1, -0.05) is 30.3 Å². The van der Waals surface area contributed by atoms with Gasteiger partial charge in [0.05, 0.1) is 11.5 Å². The molecule has 2 aliphatic heterocycles. The van der Waals surface area contributed by atoms with Crippen LogP contribution < -0.4 is 9.64 Å². The fourth-order valence-electron chi connectivity index (χ4n) is 4.62. The zero-order chi connectivity index (χ0) is 22.9.